The highest BCUT2D eigenvalue weighted by molar-refractivity contribution is 9.10. The lowest BCUT2D eigenvalue weighted by Crippen LogP contribution is -2.24. The molecule has 4 rings (SSSR count). The normalized spacial score (nSPS) is 17.5. The first-order valence-corrected chi connectivity index (χ1v) is 8.84. The molecule has 6 nitrogen and oxygen atoms in total. The molecule has 1 amide bonds. The van der Waals surface area contributed by atoms with E-state index < -0.39 is 0 Å². The Hall–Kier alpha value is -2.12. The zero-order chi connectivity index (χ0) is 17.6. The van der Waals surface area contributed by atoms with Crippen LogP contribution in [-0.4, -0.2) is 22.6 Å². The minimum absolute atomic E-state index is 0.0267. The molecule has 0 radical (unpaired) electrons. The second-order valence-electron chi connectivity index (χ2n) is 5.90. The molecule has 0 N–H and O–H groups in total. The average Bonchev–Trinajstić information content (AvgIpc) is 3.29. The standard InChI is InChI=1S/C17H13BrClN3O3/c1-9-6-11(2-3-12(9)19)22-8-10(7-15(22)23)16-20-17(25-21-16)13-4-5-14(18)24-13/h2-6,10H,7-8H2,1H3. The summed E-state index contributed by atoms with van der Waals surface area (Å²) in [5.74, 6) is 1.19. The number of amides is 1. The number of aryl methyl sites for hydroxylation is 1. The van der Waals surface area contributed by atoms with E-state index in [1.54, 1.807) is 23.1 Å². The van der Waals surface area contributed by atoms with Crippen molar-refractivity contribution in [3.63, 3.8) is 0 Å². The van der Waals surface area contributed by atoms with Crippen LogP contribution >= 0.6 is 27.5 Å². The molecule has 0 aliphatic carbocycles. The van der Waals surface area contributed by atoms with Crippen molar-refractivity contribution in [1.29, 1.82) is 0 Å². The van der Waals surface area contributed by atoms with Gasteiger partial charge in [0.2, 0.25) is 5.91 Å². The second-order valence-corrected chi connectivity index (χ2v) is 7.09. The van der Waals surface area contributed by atoms with Crippen molar-refractivity contribution in [1.82, 2.24) is 10.1 Å². The van der Waals surface area contributed by atoms with Crippen LogP contribution in [0, 0.1) is 6.92 Å². The lowest BCUT2D eigenvalue weighted by molar-refractivity contribution is -0.117. The van der Waals surface area contributed by atoms with Gasteiger partial charge in [0.1, 0.15) is 0 Å². The maximum absolute atomic E-state index is 12.4. The Bertz CT molecular complexity index is 952. The summed E-state index contributed by atoms with van der Waals surface area (Å²) in [6, 6.07) is 9.04. The van der Waals surface area contributed by atoms with E-state index >= 15 is 0 Å². The molecule has 0 bridgehead atoms. The summed E-state index contributed by atoms with van der Waals surface area (Å²) in [4.78, 5) is 18.5. The Kier molecular flexibility index (Phi) is 4.13. The number of carbonyl (C=O) groups is 1. The minimum Gasteiger partial charge on any atom is -0.444 e. The molecule has 1 saturated heterocycles. The number of rotatable bonds is 3. The van der Waals surface area contributed by atoms with Gasteiger partial charge in [0.05, 0.1) is 0 Å². The summed E-state index contributed by atoms with van der Waals surface area (Å²) < 4.78 is 11.3. The molecule has 25 heavy (non-hydrogen) atoms. The van der Waals surface area contributed by atoms with Crippen LogP contribution < -0.4 is 4.90 Å². The molecule has 1 atom stereocenters. The lowest BCUT2D eigenvalue weighted by atomic mass is 10.1. The summed E-state index contributed by atoms with van der Waals surface area (Å²) in [6.45, 7) is 2.41. The molecule has 2 aromatic heterocycles. The minimum atomic E-state index is -0.126. The van der Waals surface area contributed by atoms with Crippen LogP contribution in [0.4, 0.5) is 5.69 Å². The molecule has 1 aliphatic rings. The summed E-state index contributed by atoms with van der Waals surface area (Å²) in [5.41, 5.74) is 1.76. The van der Waals surface area contributed by atoms with Crippen LogP contribution in [0.3, 0.4) is 0 Å². The van der Waals surface area contributed by atoms with Crippen molar-refractivity contribution in [3.05, 3.63) is 51.4 Å². The zero-order valence-corrected chi connectivity index (χ0v) is 15.5. The lowest BCUT2D eigenvalue weighted by Gasteiger charge is -2.17. The smallest absolute Gasteiger partial charge is 0.293 e. The quantitative estimate of drug-likeness (QED) is 0.618. The highest BCUT2D eigenvalue weighted by atomic mass is 79.9. The summed E-state index contributed by atoms with van der Waals surface area (Å²) in [5, 5.41) is 4.70. The molecule has 3 heterocycles. The van der Waals surface area contributed by atoms with Gasteiger partial charge in [0.25, 0.3) is 5.89 Å². The number of anilines is 1. The van der Waals surface area contributed by atoms with Gasteiger partial charge in [-0.05, 0) is 58.7 Å². The molecule has 1 aliphatic heterocycles. The third-order valence-electron chi connectivity index (χ3n) is 4.17. The zero-order valence-electron chi connectivity index (χ0n) is 13.2. The third-order valence-corrected chi connectivity index (χ3v) is 5.02. The highest BCUT2D eigenvalue weighted by Crippen LogP contribution is 2.33. The van der Waals surface area contributed by atoms with Crippen molar-refractivity contribution in [3.8, 4) is 11.7 Å². The Labute approximate surface area is 156 Å². The number of hydrogen-bond acceptors (Lipinski definition) is 5. The molecular formula is C17H13BrClN3O3. The molecule has 3 aromatic rings. The summed E-state index contributed by atoms with van der Waals surface area (Å²) >= 11 is 9.30. The number of aromatic nitrogens is 2. The Balaban J connectivity index is 1.56. The van der Waals surface area contributed by atoms with Crippen molar-refractivity contribution >= 4 is 39.1 Å². The second kappa shape index (κ2) is 6.31. The molecule has 0 spiro atoms. The number of carbonyl (C=O) groups excluding carboxylic acids is 1. The van der Waals surface area contributed by atoms with Crippen molar-refractivity contribution in [2.24, 2.45) is 0 Å². The number of hydrogen-bond donors (Lipinski definition) is 0. The first-order valence-electron chi connectivity index (χ1n) is 7.67. The van der Waals surface area contributed by atoms with E-state index in [4.69, 9.17) is 20.5 Å². The molecule has 1 fully saturated rings. The molecule has 128 valence electrons. The molecule has 1 unspecified atom stereocenters. The van der Waals surface area contributed by atoms with Gasteiger partial charge in [0, 0.05) is 29.6 Å². The van der Waals surface area contributed by atoms with E-state index in [1.807, 2.05) is 19.1 Å². The van der Waals surface area contributed by atoms with Gasteiger partial charge >= 0.3 is 0 Å². The largest absolute Gasteiger partial charge is 0.444 e. The first kappa shape index (κ1) is 16.4. The van der Waals surface area contributed by atoms with Gasteiger partial charge in [0.15, 0.2) is 16.3 Å². The monoisotopic (exact) mass is 421 g/mol. The fraction of sp³-hybridized carbons (Fsp3) is 0.235. The average molecular weight is 423 g/mol. The van der Waals surface area contributed by atoms with Crippen LogP contribution in [0.5, 0.6) is 0 Å². The van der Waals surface area contributed by atoms with E-state index in [2.05, 4.69) is 26.1 Å². The fourth-order valence-electron chi connectivity index (χ4n) is 2.86. The molecule has 8 heteroatoms. The van der Waals surface area contributed by atoms with Gasteiger partial charge in [-0.2, -0.15) is 4.98 Å². The number of benzene rings is 1. The summed E-state index contributed by atoms with van der Waals surface area (Å²) in [7, 11) is 0. The highest BCUT2D eigenvalue weighted by Gasteiger charge is 2.35. The van der Waals surface area contributed by atoms with Gasteiger partial charge in [-0.3, -0.25) is 4.79 Å². The van der Waals surface area contributed by atoms with Crippen LogP contribution in [0.2, 0.25) is 5.02 Å². The maximum Gasteiger partial charge on any atom is 0.293 e. The first-order chi connectivity index (χ1) is 12.0. The van der Waals surface area contributed by atoms with Crippen LogP contribution in [-0.2, 0) is 4.79 Å². The van der Waals surface area contributed by atoms with E-state index in [0.29, 0.717) is 40.1 Å². The van der Waals surface area contributed by atoms with Crippen molar-refractivity contribution < 1.29 is 13.7 Å². The van der Waals surface area contributed by atoms with Gasteiger partial charge in [-0.25, -0.2) is 0 Å². The predicted octanol–water partition coefficient (Wildman–Crippen LogP) is 4.57. The summed E-state index contributed by atoms with van der Waals surface area (Å²) in [6.07, 6.45) is 0.336. The Morgan fingerprint density at radius 2 is 2.16 bits per heavy atom. The predicted molar refractivity (Wildman–Crippen MR) is 95.6 cm³/mol. The fourth-order valence-corrected chi connectivity index (χ4v) is 3.28. The van der Waals surface area contributed by atoms with Crippen LogP contribution in [0.1, 0.15) is 23.7 Å². The van der Waals surface area contributed by atoms with Gasteiger partial charge < -0.3 is 13.8 Å². The SMILES string of the molecule is Cc1cc(N2CC(c3noc(-c4ccc(Br)o4)n3)CC2=O)ccc1Cl. The van der Waals surface area contributed by atoms with Crippen molar-refractivity contribution in [2.45, 2.75) is 19.3 Å². The van der Waals surface area contributed by atoms with E-state index in [9.17, 15) is 4.79 Å². The Morgan fingerprint density at radius 1 is 1.32 bits per heavy atom. The van der Waals surface area contributed by atoms with E-state index in [-0.39, 0.29) is 11.8 Å². The molecule has 1 aromatic carbocycles. The number of halogens is 2. The number of furan rings is 1. The molecule has 0 saturated carbocycles. The van der Waals surface area contributed by atoms with Crippen LogP contribution in [0.25, 0.3) is 11.7 Å². The number of nitrogens with zero attached hydrogens (tertiary/aromatic N) is 3. The van der Waals surface area contributed by atoms with Crippen LogP contribution in [0.15, 0.2) is 43.9 Å². The topological polar surface area (TPSA) is 72.4 Å². The van der Waals surface area contributed by atoms with E-state index in [1.165, 1.54) is 0 Å². The van der Waals surface area contributed by atoms with E-state index in [0.717, 1.165) is 11.3 Å². The third kappa shape index (κ3) is 3.09. The molecular weight excluding hydrogens is 410 g/mol. The van der Waals surface area contributed by atoms with Gasteiger partial charge in [-0.15, -0.1) is 0 Å². The Morgan fingerprint density at radius 3 is 2.88 bits per heavy atom. The maximum atomic E-state index is 12.4. The van der Waals surface area contributed by atoms with Gasteiger partial charge in [-0.1, -0.05) is 16.8 Å². The van der Waals surface area contributed by atoms with Crippen molar-refractivity contribution in [2.75, 3.05) is 11.4 Å².